The number of hydrogen-bond donors (Lipinski definition) is 1. The lowest BCUT2D eigenvalue weighted by atomic mass is 10.1. The van der Waals surface area contributed by atoms with Gasteiger partial charge >= 0.3 is 0 Å². The lowest BCUT2D eigenvalue weighted by Gasteiger charge is -2.23. The van der Waals surface area contributed by atoms with Gasteiger partial charge in [-0.15, -0.1) is 0 Å². The number of carbonyl (C=O) groups is 1. The van der Waals surface area contributed by atoms with Crippen LogP contribution in [0.1, 0.15) is 39.5 Å². The van der Waals surface area contributed by atoms with E-state index in [0.717, 1.165) is 31.6 Å². The van der Waals surface area contributed by atoms with Crippen molar-refractivity contribution < 1.29 is 9.53 Å². The SMILES string of the molecule is CC(C)CCN(C(=O)CCOc1cccc(N)c1)C1CC1. The molecule has 0 spiro atoms. The van der Waals surface area contributed by atoms with E-state index in [1.54, 1.807) is 6.07 Å². The highest BCUT2D eigenvalue weighted by atomic mass is 16.5. The van der Waals surface area contributed by atoms with Crippen LogP contribution in [0.4, 0.5) is 5.69 Å². The predicted molar refractivity (Wildman–Crippen MR) is 85.2 cm³/mol. The highest BCUT2D eigenvalue weighted by Crippen LogP contribution is 2.28. The number of carbonyl (C=O) groups excluding carboxylic acids is 1. The fourth-order valence-corrected chi connectivity index (χ4v) is 2.30. The zero-order chi connectivity index (χ0) is 15.2. The minimum Gasteiger partial charge on any atom is -0.493 e. The van der Waals surface area contributed by atoms with Crippen LogP contribution in [0.15, 0.2) is 24.3 Å². The van der Waals surface area contributed by atoms with Gasteiger partial charge < -0.3 is 15.4 Å². The molecule has 1 fully saturated rings. The molecule has 2 rings (SSSR count). The maximum Gasteiger partial charge on any atom is 0.226 e. The van der Waals surface area contributed by atoms with Gasteiger partial charge in [0, 0.05) is 24.3 Å². The van der Waals surface area contributed by atoms with Gasteiger partial charge in [0.15, 0.2) is 0 Å². The van der Waals surface area contributed by atoms with Gasteiger partial charge in [0.2, 0.25) is 5.91 Å². The van der Waals surface area contributed by atoms with Crippen molar-refractivity contribution in [3.05, 3.63) is 24.3 Å². The van der Waals surface area contributed by atoms with Gasteiger partial charge in [0.1, 0.15) is 5.75 Å². The van der Waals surface area contributed by atoms with Gasteiger partial charge in [-0.1, -0.05) is 19.9 Å². The van der Waals surface area contributed by atoms with Crippen molar-refractivity contribution in [1.29, 1.82) is 0 Å². The molecule has 0 aromatic heterocycles. The van der Waals surface area contributed by atoms with Crippen molar-refractivity contribution in [1.82, 2.24) is 4.90 Å². The van der Waals surface area contributed by atoms with E-state index in [1.807, 2.05) is 23.1 Å². The largest absolute Gasteiger partial charge is 0.493 e. The van der Waals surface area contributed by atoms with E-state index in [-0.39, 0.29) is 5.91 Å². The maximum absolute atomic E-state index is 12.3. The molecule has 21 heavy (non-hydrogen) atoms. The third-order valence-corrected chi connectivity index (χ3v) is 3.70. The second-order valence-electron chi connectivity index (χ2n) is 6.17. The van der Waals surface area contributed by atoms with E-state index in [9.17, 15) is 4.79 Å². The lowest BCUT2D eigenvalue weighted by molar-refractivity contribution is -0.132. The highest BCUT2D eigenvalue weighted by Gasteiger charge is 2.31. The van der Waals surface area contributed by atoms with Crippen LogP contribution in [-0.4, -0.2) is 30.0 Å². The zero-order valence-electron chi connectivity index (χ0n) is 13.0. The summed E-state index contributed by atoms with van der Waals surface area (Å²) in [5, 5.41) is 0. The summed E-state index contributed by atoms with van der Waals surface area (Å²) < 4.78 is 5.61. The molecule has 0 heterocycles. The Morgan fingerprint density at radius 1 is 1.43 bits per heavy atom. The minimum absolute atomic E-state index is 0.210. The highest BCUT2D eigenvalue weighted by molar-refractivity contribution is 5.77. The molecule has 0 unspecified atom stereocenters. The monoisotopic (exact) mass is 290 g/mol. The Morgan fingerprint density at radius 3 is 2.81 bits per heavy atom. The predicted octanol–water partition coefficient (Wildman–Crippen LogP) is 3.07. The Balaban J connectivity index is 1.76. The summed E-state index contributed by atoms with van der Waals surface area (Å²) in [5.41, 5.74) is 6.38. The molecule has 0 radical (unpaired) electrons. The van der Waals surface area contributed by atoms with Gasteiger partial charge in [-0.05, 0) is 37.3 Å². The van der Waals surface area contributed by atoms with Crippen LogP contribution in [0.3, 0.4) is 0 Å². The van der Waals surface area contributed by atoms with Gasteiger partial charge in [0.05, 0.1) is 13.0 Å². The van der Waals surface area contributed by atoms with Crippen molar-refractivity contribution in [2.45, 2.75) is 45.6 Å². The van der Waals surface area contributed by atoms with Crippen LogP contribution in [0.2, 0.25) is 0 Å². The summed E-state index contributed by atoms with van der Waals surface area (Å²) in [6.45, 7) is 5.67. The summed E-state index contributed by atoms with van der Waals surface area (Å²) in [6, 6.07) is 7.79. The first-order valence-electron chi connectivity index (χ1n) is 7.84. The number of nitrogen functional groups attached to an aromatic ring is 1. The van der Waals surface area contributed by atoms with Crippen molar-refractivity contribution in [3.63, 3.8) is 0 Å². The number of nitrogens with zero attached hydrogens (tertiary/aromatic N) is 1. The van der Waals surface area contributed by atoms with Gasteiger partial charge in [0.25, 0.3) is 0 Å². The molecule has 1 saturated carbocycles. The minimum atomic E-state index is 0.210. The Morgan fingerprint density at radius 2 is 2.19 bits per heavy atom. The number of amides is 1. The zero-order valence-corrected chi connectivity index (χ0v) is 13.0. The summed E-state index contributed by atoms with van der Waals surface area (Å²) >= 11 is 0. The molecule has 4 heteroatoms. The molecule has 1 aliphatic rings. The van der Waals surface area contributed by atoms with Crippen LogP contribution in [0.5, 0.6) is 5.75 Å². The molecule has 2 N–H and O–H groups in total. The summed E-state index contributed by atoms with van der Waals surface area (Å²) in [5.74, 6) is 1.56. The number of anilines is 1. The Kier molecular flexibility index (Phi) is 5.48. The van der Waals surface area contributed by atoms with Crippen LogP contribution in [0, 0.1) is 5.92 Å². The molecule has 4 nitrogen and oxygen atoms in total. The summed E-state index contributed by atoms with van der Waals surface area (Å²) in [7, 11) is 0. The number of hydrogen-bond acceptors (Lipinski definition) is 3. The number of nitrogens with two attached hydrogens (primary N) is 1. The quantitative estimate of drug-likeness (QED) is 0.749. The van der Waals surface area contributed by atoms with Crippen molar-refractivity contribution in [2.75, 3.05) is 18.9 Å². The fourth-order valence-electron chi connectivity index (χ4n) is 2.30. The second-order valence-corrected chi connectivity index (χ2v) is 6.17. The average Bonchev–Trinajstić information content (AvgIpc) is 3.23. The molecule has 0 atom stereocenters. The molecular formula is C17H26N2O2. The molecule has 1 amide bonds. The first-order chi connectivity index (χ1) is 10.1. The van der Waals surface area contributed by atoms with E-state index >= 15 is 0 Å². The summed E-state index contributed by atoms with van der Waals surface area (Å²) in [6.07, 6.45) is 3.81. The third-order valence-electron chi connectivity index (χ3n) is 3.70. The van der Waals surface area contributed by atoms with Gasteiger partial charge in [-0.3, -0.25) is 4.79 Å². The first kappa shape index (κ1) is 15.7. The van der Waals surface area contributed by atoms with E-state index in [4.69, 9.17) is 10.5 Å². The fraction of sp³-hybridized carbons (Fsp3) is 0.588. The lowest BCUT2D eigenvalue weighted by Crippen LogP contribution is -2.35. The Hall–Kier alpha value is -1.71. The van der Waals surface area contributed by atoms with Gasteiger partial charge in [-0.2, -0.15) is 0 Å². The Labute approximate surface area is 127 Å². The van der Waals surface area contributed by atoms with E-state index in [0.29, 0.717) is 30.7 Å². The van der Waals surface area contributed by atoms with Crippen molar-refractivity contribution in [2.24, 2.45) is 5.92 Å². The molecule has 1 aromatic carbocycles. The Bertz CT molecular complexity index is 470. The van der Waals surface area contributed by atoms with Crippen molar-refractivity contribution in [3.8, 4) is 5.75 Å². The van der Waals surface area contributed by atoms with Crippen molar-refractivity contribution >= 4 is 11.6 Å². The third kappa shape index (κ3) is 5.29. The molecule has 0 saturated heterocycles. The van der Waals surface area contributed by atoms with Crippen LogP contribution in [0.25, 0.3) is 0 Å². The van der Waals surface area contributed by atoms with E-state index < -0.39 is 0 Å². The smallest absolute Gasteiger partial charge is 0.226 e. The average molecular weight is 290 g/mol. The standard InChI is InChI=1S/C17H26N2O2/c1-13(2)8-10-19(15-6-7-15)17(20)9-11-21-16-5-3-4-14(18)12-16/h3-5,12-13,15H,6-11,18H2,1-2H3. The number of ether oxygens (including phenoxy) is 1. The maximum atomic E-state index is 12.3. The molecular weight excluding hydrogens is 264 g/mol. The normalized spacial score (nSPS) is 14.2. The molecule has 0 bridgehead atoms. The molecule has 1 aliphatic carbocycles. The van der Waals surface area contributed by atoms with Crippen LogP contribution >= 0.6 is 0 Å². The first-order valence-corrected chi connectivity index (χ1v) is 7.84. The number of rotatable bonds is 8. The van der Waals surface area contributed by atoms with Crippen LogP contribution in [-0.2, 0) is 4.79 Å². The van der Waals surface area contributed by atoms with Crippen LogP contribution < -0.4 is 10.5 Å². The topological polar surface area (TPSA) is 55.6 Å². The molecule has 1 aromatic rings. The second kappa shape index (κ2) is 7.34. The number of benzene rings is 1. The summed E-state index contributed by atoms with van der Waals surface area (Å²) in [4.78, 5) is 14.4. The molecule has 116 valence electrons. The van der Waals surface area contributed by atoms with E-state index in [1.165, 1.54) is 0 Å². The molecule has 0 aliphatic heterocycles. The van der Waals surface area contributed by atoms with E-state index in [2.05, 4.69) is 13.8 Å². The van der Waals surface area contributed by atoms with Gasteiger partial charge in [-0.25, -0.2) is 0 Å².